The van der Waals surface area contributed by atoms with E-state index in [0.29, 0.717) is 6.10 Å². The number of likely N-dealkylation sites (tertiary alicyclic amines) is 1. The van der Waals surface area contributed by atoms with Crippen molar-refractivity contribution in [3.63, 3.8) is 0 Å². The van der Waals surface area contributed by atoms with Gasteiger partial charge in [-0.2, -0.15) is 0 Å². The van der Waals surface area contributed by atoms with Crippen LogP contribution in [0.25, 0.3) is 0 Å². The van der Waals surface area contributed by atoms with Crippen molar-refractivity contribution in [3.8, 4) is 0 Å². The third-order valence-electron chi connectivity index (χ3n) is 1.82. The van der Waals surface area contributed by atoms with Crippen molar-refractivity contribution in [3.05, 3.63) is 7.11 Å². The van der Waals surface area contributed by atoms with E-state index in [-0.39, 0.29) is 0 Å². The van der Waals surface area contributed by atoms with E-state index in [1.54, 1.807) is 0 Å². The lowest BCUT2D eigenvalue weighted by Crippen LogP contribution is -2.35. The zero-order chi connectivity index (χ0) is 6.69. The lowest BCUT2D eigenvalue weighted by atomic mass is 10.1. The molecule has 0 bridgehead atoms. The Bertz CT molecular complexity index is 85.0. The van der Waals surface area contributed by atoms with E-state index in [9.17, 15) is 0 Å². The Hall–Kier alpha value is -0.0800. The summed E-state index contributed by atoms with van der Waals surface area (Å²) in [7, 11) is 5.53. The Morgan fingerprint density at radius 2 is 2.44 bits per heavy atom. The molecular formula is C7H14NO. The van der Waals surface area contributed by atoms with Gasteiger partial charge in [0.1, 0.15) is 0 Å². The first kappa shape index (κ1) is 7.03. The van der Waals surface area contributed by atoms with Gasteiger partial charge in [0.2, 0.25) is 0 Å². The van der Waals surface area contributed by atoms with E-state index in [0.717, 1.165) is 6.54 Å². The average molecular weight is 128 g/mol. The minimum atomic E-state index is 0.378. The van der Waals surface area contributed by atoms with Crippen molar-refractivity contribution in [1.82, 2.24) is 4.90 Å². The third kappa shape index (κ3) is 1.95. The van der Waals surface area contributed by atoms with Crippen LogP contribution in [0.3, 0.4) is 0 Å². The van der Waals surface area contributed by atoms with Crippen LogP contribution in [-0.2, 0) is 4.74 Å². The van der Waals surface area contributed by atoms with Gasteiger partial charge in [0.15, 0.2) is 0 Å². The summed E-state index contributed by atoms with van der Waals surface area (Å²) in [6.45, 7) is 2.25. The van der Waals surface area contributed by atoms with E-state index in [2.05, 4.69) is 19.1 Å². The van der Waals surface area contributed by atoms with Crippen LogP contribution in [0.1, 0.15) is 12.8 Å². The van der Waals surface area contributed by atoms with E-state index in [1.165, 1.54) is 19.4 Å². The summed E-state index contributed by atoms with van der Waals surface area (Å²) in [5.74, 6) is 0. The van der Waals surface area contributed by atoms with Crippen LogP contribution < -0.4 is 0 Å². The van der Waals surface area contributed by atoms with Crippen molar-refractivity contribution in [1.29, 1.82) is 0 Å². The molecule has 2 nitrogen and oxygen atoms in total. The second-order valence-corrected chi connectivity index (χ2v) is 2.69. The number of hydrogen-bond donors (Lipinski definition) is 0. The van der Waals surface area contributed by atoms with Gasteiger partial charge >= 0.3 is 0 Å². The minimum Gasteiger partial charge on any atom is -0.374 e. The molecule has 2 heteroatoms. The number of nitrogens with zero attached hydrogens (tertiary/aromatic N) is 1. The van der Waals surface area contributed by atoms with Gasteiger partial charge in [0.05, 0.1) is 13.2 Å². The molecule has 0 spiro atoms. The highest BCUT2D eigenvalue weighted by molar-refractivity contribution is 4.69. The number of ether oxygens (including phenoxy) is 1. The molecule has 1 aliphatic rings. The second kappa shape index (κ2) is 3.18. The fourth-order valence-electron chi connectivity index (χ4n) is 1.26. The van der Waals surface area contributed by atoms with Crippen LogP contribution in [-0.4, -0.2) is 31.1 Å². The smallest absolute Gasteiger partial charge is 0.0705 e. The normalized spacial score (nSPS) is 30.7. The molecule has 1 radical (unpaired) electrons. The fraction of sp³-hybridized carbons (Fsp3) is 0.857. The van der Waals surface area contributed by atoms with Crippen LogP contribution in [0, 0.1) is 7.11 Å². The number of piperidine rings is 1. The monoisotopic (exact) mass is 128 g/mol. The zero-order valence-electron chi connectivity index (χ0n) is 5.97. The molecule has 0 aromatic carbocycles. The van der Waals surface area contributed by atoms with Gasteiger partial charge in [-0.25, -0.2) is 0 Å². The molecule has 1 saturated heterocycles. The van der Waals surface area contributed by atoms with E-state index in [1.807, 2.05) is 0 Å². The first-order chi connectivity index (χ1) is 4.33. The molecule has 0 aromatic rings. The maximum absolute atomic E-state index is 4.97. The van der Waals surface area contributed by atoms with Crippen molar-refractivity contribution >= 4 is 0 Å². The highest BCUT2D eigenvalue weighted by Gasteiger charge is 2.15. The standard InChI is InChI=1S/C7H14NO/c1-8-5-3-4-7(6-8)9-2/h7H,2-6H2,1H3. The molecule has 0 amide bonds. The van der Waals surface area contributed by atoms with Crippen molar-refractivity contribution in [2.45, 2.75) is 18.9 Å². The number of likely N-dealkylation sites (N-methyl/N-ethyl adjacent to an activating group) is 1. The summed E-state index contributed by atoms with van der Waals surface area (Å²) in [4.78, 5) is 2.28. The molecule has 0 aromatic heterocycles. The zero-order valence-corrected chi connectivity index (χ0v) is 5.97. The molecule has 53 valence electrons. The quantitative estimate of drug-likeness (QED) is 0.520. The summed E-state index contributed by atoms with van der Waals surface area (Å²) >= 11 is 0. The predicted molar refractivity (Wildman–Crippen MR) is 37.0 cm³/mol. The van der Waals surface area contributed by atoms with E-state index >= 15 is 0 Å². The molecule has 1 atom stereocenters. The molecule has 0 N–H and O–H groups in total. The maximum atomic E-state index is 4.97. The summed E-state index contributed by atoms with van der Waals surface area (Å²) in [5.41, 5.74) is 0. The molecule has 1 aliphatic heterocycles. The highest BCUT2D eigenvalue weighted by Crippen LogP contribution is 2.10. The Morgan fingerprint density at radius 1 is 1.67 bits per heavy atom. The van der Waals surface area contributed by atoms with Gasteiger partial charge in [0.25, 0.3) is 0 Å². The van der Waals surface area contributed by atoms with E-state index < -0.39 is 0 Å². The predicted octanol–water partition coefficient (Wildman–Crippen LogP) is 0.889. The second-order valence-electron chi connectivity index (χ2n) is 2.69. The maximum Gasteiger partial charge on any atom is 0.0705 e. The first-order valence-corrected chi connectivity index (χ1v) is 3.42. The summed E-state index contributed by atoms with van der Waals surface area (Å²) < 4.78 is 4.97. The average Bonchev–Trinajstić information content (AvgIpc) is 1.88. The van der Waals surface area contributed by atoms with Gasteiger partial charge in [-0.1, -0.05) is 0 Å². The fourth-order valence-corrected chi connectivity index (χ4v) is 1.26. The Kier molecular flexibility index (Phi) is 2.49. The van der Waals surface area contributed by atoms with E-state index in [4.69, 9.17) is 4.74 Å². The molecule has 0 aliphatic carbocycles. The summed E-state index contributed by atoms with van der Waals surface area (Å²) in [6.07, 6.45) is 2.80. The van der Waals surface area contributed by atoms with Gasteiger partial charge in [-0.3, -0.25) is 0 Å². The molecule has 1 unspecified atom stereocenters. The Labute approximate surface area is 56.8 Å². The molecule has 0 saturated carbocycles. The lowest BCUT2D eigenvalue weighted by Gasteiger charge is -2.28. The van der Waals surface area contributed by atoms with Gasteiger partial charge in [-0.15, -0.1) is 0 Å². The summed E-state index contributed by atoms with van der Waals surface area (Å²) in [6, 6.07) is 0. The van der Waals surface area contributed by atoms with Crippen molar-refractivity contribution in [2.24, 2.45) is 0 Å². The molecule has 1 fully saturated rings. The Morgan fingerprint density at radius 3 is 2.89 bits per heavy atom. The molecule has 1 rings (SSSR count). The minimum absolute atomic E-state index is 0.378. The molecule has 1 heterocycles. The van der Waals surface area contributed by atoms with Gasteiger partial charge < -0.3 is 9.64 Å². The van der Waals surface area contributed by atoms with Crippen molar-refractivity contribution < 1.29 is 4.74 Å². The SMILES string of the molecule is [CH2]OC1CCCN(C)C1. The highest BCUT2D eigenvalue weighted by atomic mass is 16.5. The number of hydrogen-bond acceptors (Lipinski definition) is 2. The molecular weight excluding hydrogens is 114 g/mol. The van der Waals surface area contributed by atoms with Crippen LogP contribution in [0.4, 0.5) is 0 Å². The van der Waals surface area contributed by atoms with Crippen LogP contribution in [0.2, 0.25) is 0 Å². The summed E-state index contributed by atoms with van der Waals surface area (Å²) in [5, 5.41) is 0. The van der Waals surface area contributed by atoms with Crippen LogP contribution in [0.15, 0.2) is 0 Å². The van der Waals surface area contributed by atoms with Gasteiger partial charge in [0, 0.05) is 6.54 Å². The van der Waals surface area contributed by atoms with Gasteiger partial charge in [-0.05, 0) is 26.4 Å². The lowest BCUT2D eigenvalue weighted by molar-refractivity contribution is 0.0639. The Balaban J connectivity index is 2.23. The van der Waals surface area contributed by atoms with Crippen LogP contribution in [0.5, 0.6) is 0 Å². The topological polar surface area (TPSA) is 12.5 Å². The first-order valence-electron chi connectivity index (χ1n) is 3.42. The van der Waals surface area contributed by atoms with Crippen LogP contribution >= 0.6 is 0 Å². The third-order valence-corrected chi connectivity index (χ3v) is 1.82. The largest absolute Gasteiger partial charge is 0.374 e. The van der Waals surface area contributed by atoms with Crippen molar-refractivity contribution in [2.75, 3.05) is 20.1 Å². The molecule has 9 heavy (non-hydrogen) atoms. The number of rotatable bonds is 1.